The molecule has 0 aliphatic heterocycles. The van der Waals surface area contributed by atoms with Crippen LogP contribution in [0.5, 0.6) is 0 Å². The zero-order chi connectivity index (χ0) is 14.5. The Kier molecular flexibility index (Phi) is 5.03. The third-order valence-corrected chi connectivity index (χ3v) is 4.62. The Labute approximate surface area is 130 Å². The molecule has 0 aliphatic rings. The number of aromatic nitrogens is 1. The predicted molar refractivity (Wildman–Crippen MR) is 86.9 cm³/mol. The molecule has 2 rings (SSSR count). The highest BCUT2D eigenvalue weighted by molar-refractivity contribution is 9.10. The Hall–Kier alpha value is -1.53. The molecule has 1 amide bonds. The highest BCUT2D eigenvalue weighted by atomic mass is 79.9. The van der Waals surface area contributed by atoms with E-state index in [2.05, 4.69) is 26.2 Å². The van der Waals surface area contributed by atoms with E-state index in [0.717, 1.165) is 20.7 Å². The summed E-state index contributed by atoms with van der Waals surface area (Å²) in [5, 5.41) is 3.66. The summed E-state index contributed by atoms with van der Waals surface area (Å²) in [5.74, 6) is 0.213. The standard InChI is InChI=1S/C14H14BrN3OS/c1-9-11(16)5-2-6-12(9)18-13(19)8-20-14-10(15)4-3-7-17-14/h2-7H,8,16H2,1H3,(H,18,19). The Morgan fingerprint density at radius 3 is 2.95 bits per heavy atom. The van der Waals surface area contributed by atoms with Crippen LogP contribution in [-0.2, 0) is 4.79 Å². The van der Waals surface area contributed by atoms with Crippen LogP contribution in [0.25, 0.3) is 0 Å². The van der Waals surface area contributed by atoms with E-state index in [1.54, 1.807) is 6.20 Å². The summed E-state index contributed by atoms with van der Waals surface area (Å²) in [6.45, 7) is 1.88. The summed E-state index contributed by atoms with van der Waals surface area (Å²) in [6.07, 6.45) is 1.70. The van der Waals surface area contributed by atoms with Gasteiger partial charge < -0.3 is 11.1 Å². The molecule has 1 aromatic carbocycles. The zero-order valence-electron chi connectivity index (χ0n) is 10.9. The molecule has 6 heteroatoms. The minimum atomic E-state index is -0.0822. The van der Waals surface area contributed by atoms with Gasteiger partial charge in [-0.1, -0.05) is 17.8 Å². The quantitative estimate of drug-likeness (QED) is 0.653. The van der Waals surface area contributed by atoms with Crippen molar-refractivity contribution in [2.24, 2.45) is 0 Å². The van der Waals surface area contributed by atoms with Crippen LogP contribution >= 0.6 is 27.7 Å². The van der Waals surface area contributed by atoms with Crippen LogP contribution in [0.15, 0.2) is 46.0 Å². The fourth-order valence-corrected chi connectivity index (χ4v) is 2.87. The summed E-state index contributed by atoms with van der Waals surface area (Å²) < 4.78 is 0.887. The van der Waals surface area contributed by atoms with Gasteiger partial charge in [0.25, 0.3) is 0 Å². The molecule has 1 aromatic heterocycles. The number of nitrogens with one attached hydrogen (secondary N) is 1. The number of hydrogen-bond donors (Lipinski definition) is 2. The molecule has 0 atom stereocenters. The molecule has 104 valence electrons. The SMILES string of the molecule is Cc1c(N)cccc1NC(=O)CSc1ncccc1Br. The lowest BCUT2D eigenvalue weighted by molar-refractivity contribution is -0.113. The average molecular weight is 352 g/mol. The number of carbonyl (C=O) groups is 1. The van der Waals surface area contributed by atoms with E-state index in [9.17, 15) is 4.79 Å². The van der Waals surface area contributed by atoms with Crippen LogP contribution in [0.2, 0.25) is 0 Å². The van der Waals surface area contributed by atoms with Crippen LogP contribution in [-0.4, -0.2) is 16.6 Å². The second-order valence-corrected chi connectivity index (χ2v) is 5.97. The largest absolute Gasteiger partial charge is 0.398 e. The molecule has 0 aliphatic carbocycles. The van der Waals surface area contributed by atoms with Gasteiger partial charge >= 0.3 is 0 Å². The number of nitrogens with two attached hydrogens (primary N) is 1. The van der Waals surface area contributed by atoms with Crippen molar-refractivity contribution in [3.63, 3.8) is 0 Å². The Balaban J connectivity index is 1.96. The number of pyridine rings is 1. The maximum atomic E-state index is 11.9. The van der Waals surface area contributed by atoms with E-state index in [-0.39, 0.29) is 5.91 Å². The molecule has 0 bridgehead atoms. The molecule has 4 nitrogen and oxygen atoms in total. The molecular weight excluding hydrogens is 338 g/mol. The van der Waals surface area contributed by atoms with Gasteiger partial charge in [-0.3, -0.25) is 4.79 Å². The summed E-state index contributed by atoms with van der Waals surface area (Å²) in [7, 11) is 0. The van der Waals surface area contributed by atoms with E-state index in [4.69, 9.17) is 5.73 Å². The molecule has 0 radical (unpaired) electrons. The number of thioether (sulfide) groups is 1. The molecule has 0 saturated heterocycles. The molecule has 0 fully saturated rings. The van der Waals surface area contributed by atoms with Gasteiger partial charge in [0.15, 0.2) is 0 Å². The van der Waals surface area contributed by atoms with Gasteiger partial charge in [0, 0.05) is 22.0 Å². The number of halogens is 1. The number of nitrogen functional groups attached to an aromatic ring is 1. The highest BCUT2D eigenvalue weighted by Gasteiger charge is 2.08. The maximum Gasteiger partial charge on any atom is 0.234 e. The molecule has 0 unspecified atom stereocenters. The van der Waals surface area contributed by atoms with E-state index in [1.165, 1.54) is 11.8 Å². The normalized spacial score (nSPS) is 10.3. The lowest BCUT2D eigenvalue weighted by atomic mass is 10.1. The van der Waals surface area contributed by atoms with Crippen LogP contribution in [0.4, 0.5) is 11.4 Å². The third kappa shape index (κ3) is 3.74. The summed E-state index contributed by atoms with van der Waals surface area (Å²) in [4.78, 5) is 16.1. The van der Waals surface area contributed by atoms with E-state index in [1.807, 2.05) is 37.3 Å². The average Bonchev–Trinajstić information content (AvgIpc) is 2.43. The van der Waals surface area contributed by atoms with Gasteiger partial charge in [-0.25, -0.2) is 4.98 Å². The van der Waals surface area contributed by atoms with Crippen molar-refractivity contribution in [3.05, 3.63) is 46.6 Å². The Morgan fingerprint density at radius 1 is 1.40 bits per heavy atom. The van der Waals surface area contributed by atoms with Gasteiger partial charge in [-0.05, 0) is 52.7 Å². The smallest absolute Gasteiger partial charge is 0.234 e. The summed E-state index contributed by atoms with van der Waals surface area (Å²) >= 11 is 4.79. The van der Waals surface area contributed by atoms with E-state index in [0.29, 0.717) is 11.4 Å². The second kappa shape index (κ2) is 6.76. The topological polar surface area (TPSA) is 68.0 Å². The maximum absolute atomic E-state index is 11.9. The first-order valence-corrected chi connectivity index (χ1v) is 7.74. The second-order valence-electron chi connectivity index (χ2n) is 4.15. The lowest BCUT2D eigenvalue weighted by Gasteiger charge is -2.10. The zero-order valence-corrected chi connectivity index (χ0v) is 13.3. The molecule has 0 saturated carbocycles. The number of rotatable bonds is 4. The van der Waals surface area contributed by atoms with Crippen LogP contribution in [0, 0.1) is 6.92 Å². The van der Waals surface area contributed by atoms with Gasteiger partial charge in [0.05, 0.1) is 5.75 Å². The fourth-order valence-electron chi connectivity index (χ4n) is 1.59. The fraction of sp³-hybridized carbons (Fsp3) is 0.143. The molecule has 0 spiro atoms. The number of hydrogen-bond acceptors (Lipinski definition) is 4. The van der Waals surface area contributed by atoms with Crippen LogP contribution in [0.1, 0.15) is 5.56 Å². The molecule has 2 aromatic rings. The molecular formula is C14H14BrN3OS. The van der Waals surface area contributed by atoms with Crippen molar-refractivity contribution in [2.45, 2.75) is 11.9 Å². The van der Waals surface area contributed by atoms with Crippen molar-refractivity contribution in [3.8, 4) is 0 Å². The predicted octanol–water partition coefficient (Wildman–Crippen LogP) is 3.47. The first-order valence-electron chi connectivity index (χ1n) is 5.96. The minimum Gasteiger partial charge on any atom is -0.398 e. The van der Waals surface area contributed by atoms with Crippen LogP contribution in [0.3, 0.4) is 0 Å². The van der Waals surface area contributed by atoms with Gasteiger partial charge in [-0.15, -0.1) is 0 Å². The monoisotopic (exact) mass is 351 g/mol. The summed E-state index contributed by atoms with van der Waals surface area (Å²) in [5.41, 5.74) is 8.10. The van der Waals surface area contributed by atoms with Crippen molar-refractivity contribution < 1.29 is 4.79 Å². The number of nitrogens with zero attached hydrogens (tertiary/aromatic N) is 1. The Morgan fingerprint density at radius 2 is 2.20 bits per heavy atom. The van der Waals surface area contributed by atoms with Crippen molar-refractivity contribution in [1.29, 1.82) is 0 Å². The third-order valence-electron chi connectivity index (χ3n) is 2.71. The van der Waals surface area contributed by atoms with Crippen molar-refractivity contribution in [1.82, 2.24) is 4.98 Å². The van der Waals surface area contributed by atoms with Gasteiger partial charge in [-0.2, -0.15) is 0 Å². The first-order chi connectivity index (χ1) is 9.58. The minimum absolute atomic E-state index is 0.0822. The lowest BCUT2D eigenvalue weighted by Crippen LogP contribution is -2.15. The number of amides is 1. The summed E-state index contributed by atoms with van der Waals surface area (Å²) in [6, 6.07) is 9.20. The molecule has 3 N–H and O–H groups in total. The number of anilines is 2. The van der Waals surface area contributed by atoms with Gasteiger partial charge in [0.1, 0.15) is 5.03 Å². The van der Waals surface area contributed by atoms with E-state index >= 15 is 0 Å². The van der Waals surface area contributed by atoms with Crippen molar-refractivity contribution >= 4 is 45.0 Å². The van der Waals surface area contributed by atoms with E-state index < -0.39 is 0 Å². The number of benzene rings is 1. The first kappa shape index (κ1) is 14.9. The van der Waals surface area contributed by atoms with Crippen molar-refractivity contribution in [2.75, 3.05) is 16.8 Å². The molecule has 1 heterocycles. The van der Waals surface area contributed by atoms with Crippen LogP contribution < -0.4 is 11.1 Å². The van der Waals surface area contributed by atoms with Gasteiger partial charge in [0.2, 0.25) is 5.91 Å². The number of carbonyl (C=O) groups excluding carboxylic acids is 1. The Bertz CT molecular complexity index is 634. The highest BCUT2D eigenvalue weighted by Crippen LogP contribution is 2.25. The molecule has 20 heavy (non-hydrogen) atoms.